The van der Waals surface area contributed by atoms with Crippen molar-refractivity contribution in [3.05, 3.63) is 12.2 Å². The van der Waals surface area contributed by atoms with E-state index < -0.39 is 6.17 Å². The minimum atomic E-state index is -0.718. The van der Waals surface area contributed by atoms with Crippen molar-refractivity contribution in [1.82, 2.24) is 0 Å². The Morgan fingerprint density at radius 1 is 1.62 bits per heavy atom. The van der Waals surface area contributed by atoms with Crippen LogP contribution in [0, 0.1) is 0 Å². The lowest BCUT2D eigenvalue weighted by Gasteiger charge is -1.95. The Hall–Kier alpha value is -0.330. The number of alkyl halides is 1. The predicted octanol–water partition coefficient (Wildman–Crippen LogP) is 2.70. The molecule has 0 radical (unpaired) electrons. The Labute approximate surface area is 50.4 Å². The predicted molar refractivity (Wildman–Crippen MR) is 34.6 cm³/mol. The highest BCUT2D eigenvalue weighted by molar-refractivity contribution is 4.84. The standard InChI is InChI=1S/C7H13F/c1-3-5-7(8)6-4-2/h3,5,7H,4,6H2,1-2H3/b5-3-. The average molecular weight is 116 g/mol. The molecular weight excluding hydrogens is 103 g/mol. The lowest BCUT2D eigenvalue weighted by Crippen LogP contribution is -1.91. The molecule has 0 heterocycles. The van der Waals surface area contributed by atoms with Crippen molar-refractivity contribution in [1.29, 1.82) is 0 Å². The average Bonchev–Trinajstić information content (AvgIpc) is 1.68. The summed E-state index contributed by atoms with van der Waals surface area (Å²) in [5.74, 6) is 0. The number of halogens is 1. The monoisotopic (exact) mass is 116 g/mol. The molecule has 8 heavy (non-hydrogen) atoms. The van der Waals surface area contributed by atoms with Gasteiger partial charge < -0.3 is 0 Å². The molecule has 0 rings (SSSR count). The summed E-state index contributed by atoms with van der Waals surface area (Å²) in [6.07, 6.45) is 4.20. The zero-order valence-corrected chi connectivity index (χ0v) is 5.52. The third kappa shape index (κ3) is 3.85. The molecule has 1 heteroatoms. The van der Waals surface area contributed by atoms with Crippen LogP contribution in [0.4, 0.5) is 4.39 Å². The first-order valence-corrected chi connectivity index (χ1v) is 3.08. The zero-order valence-electron chi connectivity index (χ0n) is 5.52. The summed E-state index contributed by atoms with van der Waals surface area (Å²) in [6, 6.07) is 0. The van der Waals surface area contributed by atoms with Crippen LogP contribution in [0.2, 0.25) is 0 Å². The molecule has 0 aromatic rings. The van der Waals surface area contributed by atoms with E-state index in [9.17, 15) is 4.39 Å². The van der Waals surface area contributed by atoms with Crippen LogP contribution in [0.15, 0.2) is 12.2 Å². The molecule has 0 nitrogen and oxygen atoms in total. The summed E-state index contributed by atoms with van der Waals surface area (Å²) < 4.78 is 12.3. The third-order valence-corrected chi connectivity index (χ3v) is 0.966. The van der Waals surface area contributed by atoms with E-state index in [0.717, 1.165) is 6.42 Å². The highest BCUT2D eigenvalue weighted by atomic mass is 19.1. The Balaban J connectivity index is 3.17. The molecule has 48 valence electrons. The van der Waals surface area contributed by atoms with Gasteiger partial charge in [-0.05, 0) is 13.3 Å². The van der Waals surface area contributed by atoms with Crippen LogP contribution >= 0.6 is 0 Å². The minimum Gasteiger partial charge on any atom is -0.243 e. The highest BCUT2D eigenvalue weighted by Crippen LogP contribution is 2.01. The topological polar surface area (TPSA) is 0 Å². The molecule has 0 spiro atoms. The van der Waals surface area contributed by atoms with E-state index in [1.165, 1.54) is 0 Å². The van der Waals surface area contributed by atoms with Gasteiger partial charge in [0.25, 0.3) is 0 Å². The summed E-state index contributed by atoms with van der Waals surface area (Å²) in [6.45, 7) is 3.82. The summed E-state index contributed by atoms with van der Waals surface area (Å²) >= 11 is 0. The summed E-state index contributed by atoms with van der Waals surface area (Å²) in [5.41, 5.74) is 0. The minimum absolute atomic E-state index is 0.657. The van der Waals surface area contributed by atoms with Crippen molar-refractivity contribution < 1.29 is 4.39 Å². The molecule has 0 aromatic heterocycles. The molecule has 1 atom stereocenters. The van der Waals surface area contributed by atoms with Gasteiger partial charge in [0.1, 0.15) is 6.17 Å². The Morgan fingerprint density at radius 3 is 2.62 bits per heavy atom. The largest absolute Gasteiger partial charge is 0.243 e. The Morgan fingerprint density at radius 2 is 2.25 bits per heavy atom. The van der Waals surface area contributed by atoms with Gasteiger partial charge in [-0.15, -0.1) is 0 Å². The van der Waals surface area contributed by atoms with Crippen molar-refractivity contribution in [2.24, 2.45) is 0 Å². The zero-order chi connectivity index (χ0) is 6.41. The lowest BCUT2D eigenvalue weighted by molar-refractivity contribution is 0.375. The molecule has 1 unspecified atom stereocenters. The number of allylic oxidation sites excluding steroid dienone is 2. The smallest absolute Gasteiger partial charge is 0.118 e. The highest BCUT2D eigenvalue weighted by Gasteiger charge is 1.95. The molecule has 0 aromatic carbocycles. The van der Waals surface area contributed by atoms with Gasteiger partial charge >= 0.3 is 0 Å². The van der Waals surface area contributed by atoms with Gasteiger partial charge in [0.15, 0.2) is 0 Å². The Kier molecular flexibility index (Phi) is 4.62. The van der Waals surface area contributed by atoms with E-state index in [4.69, 9.17) is 0 Å². The molecule has 0 amide bonds. The van der Waals surface area contributed by atoms with Crippen LogP contribution in [0.1, 0.15) is 26.7 Å². The van der Waals surface area contributed by atoms with E-state index in [1.807, 2.05) is 13.8 Å². The fourth-order valence-corrected chi connectivity index (χ4v) is 0.581. The number of hydrogen-bond donors (Lipinski definition) is 0. The van der Waals surface area contributed by atoms with E-state index in [-0.39, 0.29) is 0 Å². The second-order valence-electron chi connectivity index (χ2n) is 1.83. The molecule has 0 aliphatic rings. The first-order chi connectivity index (χ1) is 3.81. The normalized spacial score (nSPS) is 14.9. The van der Waals surface area contributed by atoms with E-state index >= 15 is 0 Å². The molecule has 0 saturated heterocycles. The second kappa shape index (κ2) is 4.82. The van der Waals surface area contributed by atoms with Gasteiger partial charge in [-0.1, -0.05) is 25.5 Å². The van der Waals surface area contributed by atoms with Crippen molar-refractivity contribution in [3.8, 4) is 0 Å². The van der Waals surface area contributed by atoms with Crippen molar-refractivity contribution >= 4 is 0 Å². The van der Waals surface area contributed by atoms with Gasteiger partial charge in [-0.25, -0.2) is 4.39 Å². The van der Waals surface area contributed by atoms with Crippen LogP contribution in [0.3, 0.4) is 0 Å². The SMILES string of the molecule is C/C=C\C(F)CCC. The second-order valence-corrected chi connectivity index (χ2v) is 1.83. The molecule has 0 aliphatic heterocycles. The van der Waals surface area contributed by atoms with Gasteiger partial charge in [-0.2, -0.15) is 0 Å². The van der Waals surface area contributed by atoms with Crippen LogP contribution in [-0.4, -0.2) is 6.17 Å². The first-order valence-electron chi connectivity index (χ1n) is 3.08. The van der Waals surface area contributed by atoms with Gasteiger partial charge in [-0.3, -0.25) is 0 Å². The van der Waals surface area contributed by atoms with Crippen LogP contribution < -0.4 is 0 Å². The molecule has 0 saturated carbocycles. The molecule has 0 bridgehead atoms. The van der Waals surface area contributed by atoms with Crippen molar-refractivity contribution in [2.45, 2.75) is 32.9 Å². The van der Waals surface area contributed by atoms with Gasteiger partial charge in [0.2, 0.25) is 0 Å². The fraction of sp³-hybridized carbons (Fsp3) is 0.714. The maximum absolute atomic E-state index is 12.3. The molecular formula is C7H13F. The quantitative estimate of drug-likeness (QED) is 0.497. The fourth-order valence-electron chi connectivity index (χ4n) is 0.581. The third-order valence-electron chi connectivity index (χ3n) is 0.966. The molecule has 0 N–H and O–H groups in total. The lowest BCUT2D eigenvalue weighted by atomic mass is 10.2. The maximum Gasteiger partial charge on any atom is 0.118 e. The molecule has 0 fully saturated rings. The van der Waals surface area contributed by atoms with E-state index in [0.29, 0.717) is 6.42 Å². The van der Waals surface area contributed by atoms with Crippen LogP contribution in [0.25, 0.3) is 0 Å². The Bertz CT molecular complexity index is 66.8. The molecule has 0 aliphatic carbocycles. The van der Waals surface area contributed by atoms with Crippen LogP contribution in [-0.2, 0) is 0 Å². The van der Waals surface area contributed by atoms with Gasteiger partial charge in [0.05, 0.1) is 0 Å². The summed E-state index contributed by atoms with van der Waals surface area (Å²) in [7, 11) is 0. The van der Waals surface area contributed by atoms with Crippen molar-refractivity contribution in [3.63, 3.8) is 0 Å². The number of hydrogen-bond acceptors (Lipinski definition) is 0. The van der Waals surface area contributed by atoms with E-state index in [2.05, 4.69) is 0 Å². The summed E-state index contributed by atoms with van der Waals surface area (Å²) in [5, 5.41) is 0. The first kappa shape index (κ1) is 7.67. The number of rotatable bonds is 3. The van der Waals surface area contributed by atoms with E-state index in [1.54, 1.807) is 12.2 Å². The summed E-state index contributed by atoms with van der Waals surface area (Å²) in [4.78, 5) is 0. The maximum atomic E-state index is 12.3. The van der Waals surface area contributed by atoms with Crippen molar-refractivity contribution in [2.75, 3.05) is 0 Å². The van der Waals surface area contributed by atoms with Crippen LogP contribution in [0.5, 0.6) is 0 Å². The van der Waals surface area contributed by atoms with Gasteiger partial charge in [0, 0.05) is 0 Å².